The fourth-order valence-electron chi connectivity index (χ4n) is 0.533. The van der Waals surface area contributed by atoms with Gasteiger partial charge in [0.1, 0.15) is 16.7 Å². The fourth-order valence-corrected chi connectivity index (χ4v) is 1.05. The van der Waals surface area contributed by atoms with Crippen molar-refractivity contribution < 1.29 is 4.21 Å². The van der Waals surface area contributed by atoms with Gasteiger partial charge in [0.05, 0.1) is 17.2 Å². The molecule has 1 aromatic rings. The molecular formula is C7H12N4OS. The molecule has 13 heavy (non-hydrogen) atoms. The van der Waals surface area contributed by atoms with Crippen molar-refractivity contribution in [2.45, 2.75) is 25.5 Å². The van der Waals surface area contributed by atoms with Crippen molar-refractivity contribution in [2.24, 2.45) is 4.40 Å². The van der Waals surface area contributed by atoms with E-state index in [-0.39, 0.29) is 4.75 Å². The molecule has 0 aliphatic carbocycles. The van der Waals surface area contributed by atoms with E-state index in [1.807, 2.05) is 20.8 Å². The van der Waals surface area contributed by atoms with Crippen molar-refractivity contribution in [3.63, 3.8) is 0 Å². The lowest BCUT2D eigenvalue weighted by Gasteiger charge is -2.12. The molecule has 6 heteroatoms. The molecule has 1 N–H and O–H groups in total. The Bertz CT molecular complexity index is 312. The summed E-state index contributed by atoms with van der Waals surface area (Å²) >= 11 is 0. The van der Waals surface area contributed by atoms with Crippen LogP contribution in [0.5, 0.6) is 0 Å². The van der Waals surface area contributed by atoms with Crippen molar-refractivity contribution in [3.8, 4) is 0 Å². The average Bonchev–Trinajstić information content (AvgIpc) is 2.50. The van der Waals surface area contributed by atoms with E-state index < -0.39 is 11.0 Å². The molecule has 1 aromatic heterocycles. The minimum atomic E-state index is -1.23. The Morgan fingerprint density at radius 3 is 2.77 bits per heavy atom. The highest BCUT2D eigenvalue weighted by atomic mass is 32.2. The average molecular weight is 200 g/mol. The van der Waals surface area contributed by atoms with Gasteiger partial charge in [-0.2, -0.15) is 19.8 Å². The first-order valence-corrected chi connectivity index (χ1v) is 4.92. The monoisotopic (exact) mass is 200 g/mol. The normalized spacial score (nSPS) is 15.0. The Labute approximate surface area is 79.2 Å². The molecule has 0 saturated carbocycles. The van der Waals surface area contributed by atoms with E-state index in [1.165, 1.54) is 12.4 Å². The van der Waals surface area contributed by atoms with Crippen LogP contribution in [0, 0.1) is 0 Å². The summed E-state index contributed by atoms with van der Waals surface area (Å²) in [4.78, 5) is 0. The van der Waals surface area contributed by atoms with Crippen LogP contribution in [0.2, 0.25) is 0 Å². The Hall–Kier alpha value is -1.04. The van der Waals surface area contributed by atoms with Crippen LogP contribution in [0.1, 0.15) is 26.5 Å². The summed E-state index contributed by atoms with van der Waals surface area (Å²) in [6.07, 6.45) is 2.97. The van der Waals surface area contributed by atoms with E-state index in [0.29, 0.717) is 5.69 Å². The second-order valence-electron chi connectivity index (χ2n) is 3.49. The van der Waals surface area contributed by atoms with Crippen molar-refractivity contribution in [2.75, 3.05) is 0 Å². The van der Waals surface area contributed by atoms with Gasteiger partial charge < -0.3 is 0 Å². The largest absolute Gasteiger partial charge is 0.234 e. The topological polar surface area (TPSA) is 71.0 Å². The van der Waals surface area contributed by atoms with E-state index >= 15 is 0 Å². The van der Waals surface area contributed by atoms with Crippen molar-refractivity contribution >= 4 is 17.2 Å². The predicted molar refractivity (Wildman–Crippen MR) is 51.9 cm³/mol. The van der Waals surface area contributed by atoms with Gasteiger partial charge in [0, 0.05) is 0 Å². The Balaban J connectivity index is 2.65. The first kappa shape index (κ1) is 10.0. The number of aromatic nitrogens is 3. The fraction of sp³-hybridized carbons (Fsp3) is 0.571. The highest BCUT2D eigenvalue weighted by molar-refractivity contribution is 7.85. The maximum atomic E-state index is 11.4. The SMILES string of the molecule is CC(C)(C)[S@](=O)N=Cc1cn[nH]n1. The summed E-state index contributed by atoms with van der Waals surface area (Å²) in [5, 5.41) is 9.79. The molecule has 0 aliphatic heterocycles. The van der Waals surface area contributed by atoms with Crippen LogP contribution >= 0.6 is 0 Å². The molecule has 0 saturated heterocycles. The van der Waals surface area contributed by atoms with E-state index in [1.54, 1.807) is 0 Å². The minimum absolute atomic E-state index is 0.333. The van der Waals surface area contributed by atoms with Gasteiger partial charge in [-0.3, -0.25) is 0 Å². The molecule has 0 unspecified atom stereocenters. The van der Waals surface area contributed by atoms with Gasteiger partial charge in [-0.05, 0) is 20.8 Å². The molecule has 1 heterocycles. The van der Waals surface area contributed by atoms with Crippen LogP contribution in [0.15, 0.2) is 10.6 Å². The third-order valence-corrected chi connectivity index (χ3v) is 2.58. The van der Waals surface area contributed by atoms with Crippen LogP contribution in [0.25, 0.3) is 0 Å². The predicted octanol–water partition coefficient (Wildman–Crippen LogP) is 0.686. The standard InChI is InChI=1S/C7H12N4OS/c1-7(2,3)13(12)9-5-6-4-8-11-10-6/h4-5H,1-3H3,(H,8,10,11)/t13-/m0/s1. The second-order valence-corrected chi connectivity index (χ2v) is 5.42. The summed E-state index contributed by atoms with van der Waals surface area (Å²) < 4.78 is 14.9. The van der Waals surface area contributed by atoms with Gasteiger partial charge in [0.15, 0.2) is 0 Å². The van der Waals surface area contributed by atoms with Crippen LogP contribution in [-0.2, 0) is 11.0 Å². The quantitative estimate of drug-likeness (QED) is 0.714. The lowest BCUT2D eigenvalue weighted by molar-refractivity contribution is 0.651. The number of rotatable bonds is 2. The summed E-state index contributed by atoms with van der Waals surface area (Å²) in [6.45, 7) is 5.59. The molecule has 0 fully saturated rings. The van der Waals surface area contributed by atoms with Gasteiger partial charge >= 0.3 is 0 Å². The number of nitrogens with one attached hydrogen (secondary N) is 1. The van der Waals surface area contributed by atoms with Crippen LogP contribution in [0.3, 0.4) is 0 Å². The van der Waals surface area contributed by atoms with Gasteiger partial charge in [-0.1, -0.05) is 0 Å². The molecule has 0 aromatic carbocycles. The Morgan fingerprint density at radius 2 is 2.31 bits per heavy atom. The maximum absolute atomic E-state index is 11.4. The number of H-pyrrole nitrogens is 1. The highest BCUT2D eigenvalue weighted by Gasteiger charge is 2.18. The molecule has 0 radical (unpaired) electrons. The van der Waals surface area contributed by atoms with E-state index in [4.69, 9.17) is 0 Å². The molecule has 72 valence electrons. The van der Waals surface area contributed by atoms with Gasteiger partial charge in [-0.15, -0.1) is 0 Å². The lowest BCUT2D eigenvalue weighted by atomic mass is 10.3. The van der Waals surface area contributed by atoms with Gasteiger partial charge in [0.25, 0.3) is 0 Å². The summed E-state index contributed by atoms with van der Waals surface area (Å²) in [5.41, 5.74) is 0.581. The Morgan fingerprint density at radius 1 is 1.62 bits per heavy atom. The molecular weight excluding hydrogens is 188 g/mol. The number of hydrogen-bond donors (Lipinski definition) is 1. The highest BCUT2D eigenvalue weighted by Crippen LogP contribution is 2.11. The first-order chi connectivity index (χ1) is 6.00. The molecule has 0 aliphatic rings. The summed E-state index contributed by atoms with van der Waals surface area (Å²) in [6, 6.07) is 0. The number of aromatic amines is 1. The zero-order chi connectivity index (χ0) is 9.90. The molecule has 0 bridgehead atoms. The lowest BCUT2D eigenvalue weighted by Crippen LogP contribution is -2.19. The van der Waals surface area contributed by atoms with Crippen LogP contribution < -0.4 is 0 Å². The second kappa shape index (κ2) is 3.78. The van der Waals surface area contributed by atoms with Crippen LogP contribution in [0.4, 0.5) is 0 Å². The molecule has 5 nitrogen and oxygen atoms in total. The molecule has 0 spiro atoms. The van der Waals surface area contributed by atoms with E-state index in [0.717, 1.165) is 0 Å². The minimum Gasteiger partial charge on any atom is -0.234 e. The molecule has 1 rings (SSSR count). The summed E-state index contributed by atoms with van der Waals surface area (Å²) in [5.74, 6) is 0. The smallest absolute Gasteiger partial charge is 0.144 e. The van der Waals surface area contributed by atoms with E-state index in [9.17, 15) is 4.21 Å². The zero-order valence-electron chi connectivity index (χ0n) is 7.81. The third-order valence-electron chi connectivity index (χ3n) is 1.24. The number of nitrogens with zero attached hydrogens (tertiary/aromatic N) is 3. The Kier molecular flexibility index (Phi) is 2.92. The van der Waals surface area contributed by atoms with Crippen molar-refractivity contribution in [1.29, 1.82) is 0 Å². The van der Waals surface area contributed by atoms with Crippen molar-refractivity contribution in [1.82, 2.24) is 15.4 Å². The van der Waals surface area contributed by atoms with Gasteiger partial charge in [0.2, 0.25) is 0 Å². The molecule has 0 amide bonds. The summed E-state index contributed by atoms with van der Waals surface area (Å²) in [7, 11) is -1.23. The van der Waals surface area contributed by atoms with Crippen LogP contribution in [-0.4, -0.2) is 30.6 Å². The molecule has 1 atom stereocenters. The third kappa shape index (κ3) is 3.06. The van der Waals surface area contributed by atoms with Gasteiger partial charge in [-0.25, -0.2) is 4.21 Å². The number of hydrogen-bond acceptors (Lipinski definition) is 3. The van der Waals surface area contributed by atoms with Crippen molar-refractivity contribution in [3.05, 3.63) is 11.9 Å². The first-order valence-electron chi connectivity index (χ1n) is 3.82. The van der Waals surface area contributed by atoms with E-state index in [2.05, 4.69) is 19.8 Å². The maximum Gasteiger partial charge on any atom is 0.144 e. The zero-order valence-corrected chi connectivity index (χ0v) is 8.63.